The molecule has 5 aromatic carbocycles. The summed E-state index contributed by atoms with van der Waals surface area (Å²) in [7, 11) is 0. The van der Waals surface area contributed by atoms with E-state index in [4.69, 9.17) is 4.98 Å². The minimum Gasteiger partial charge on any atom is -0.256 e. The largest absolute Gasteiger partial charge is 0.256 e. The Morgan fingerprint density at radius 3 is 1.86 bits per heavy atom. The van der Waals surface area contributed by atoms with Crippen LogP contribution >= 0.6 is 0 Å². The monoisotopic (exact) mass is 544 g/mol. The Hall–Kier alpha value is -4.56. The van der Waals surface area contributed by atoms with E-state index in [0.717, 1.165) is 22.0 Å². The van der Waals surface area contributed by atoms with Crippen LogP contribution in [0.3, 0.4) is 0 Å². The smallest absolute Gasteiger partial charge is 0.0783 e. The number of fused-ring (bicyclic) bond motifs is 5. The molecule has 0 saturated carbocycles. The molecule has 206 valence electrons. The standard InChI is InChI=1S/C40H36N2/c1-39(2,3)36-32-20-17-27-11-9-21-41-38(27)35(32)37(40(4,5)6)31-19-18-28(23-33(31)36)25-13-15-26(16-14-25)30-22-29-10-7-8-12-34(29)42-24-30/h7-24H,1-6H3. The Morgan fingerprint density at radius 2 is 1.12 bits per heavy atom. The lowest BCUT2D eigenvalue weighted by atomic mass is 9.73. The fraction of sp³-hybridized carbons (Fsp3) is 0.200. The number of hydrogen-bond acceptors (Lipinski definition) is 2. The van der Waals surface area contributed by atoms with Crippen LogP contribution in [0.4, 0.5) is 0 Å². The van der Waals surface area contributed by atoms with E-state index in [2.05, 4.69) is 131 Å². The van der Waals surface area contributed by atoms with Gasteiger partial charge in [0.25, 0.3) is 0 Å². The Kier molecular flexibility index (Phi) is 5.95. The van der Waals surface area contributed by atoms with Gasteiger partial charge >= 0.3 is 0 Å². The number of benzene rings is 5. The van der Waals surface area contributed by atoms with Crippen molar-refractivity contribution in [1.82, 2.24) is 9.97 Å². The van der Waals surface area contributed by atoms with Crippen molar-refractivity contribution in [3.63, 3.8) is 0 Å². The second-order valence-electron chi connectivity index (χ2n) is 13.6. The van der Waals surface area contributed by atoms with E-state index in [1.807, 2.05) is 24.5 Å². The SMILES string of the molecule is CC(C)(C)c1c2cc(-c3ccc(-c4cnc5ccccc5c4)cc3)ccc2c(C(C)(C)C)c2c1ccc1cccnc12. The third-order valence-electron chi connectivity index (χ3n) is 8.49. The van der Waals surface area contributed by atoms with Gasteiger partial charge in [-0.15, -0.1) is 0 Å². The number of aromatic nitrogens is 2. The van der Waals surface area contributed by atoms with Crippen molar-refractivity contribution in [3.05, 3.63) is 121 Å². The molecule has 0 spiro atoms. The first-order valence-electron chi connectivity index (χ1n) is 14.8. The summed E-state index contributed by atoms with van der Waals surface area (Å²) in [5.41, 5.74) is 9.51. The zero-order valence-electron chi connectivity index (χ0n) is 25.3. The van der Waals surface area contributed by atoms with E-state index >= 15 is 0 Å². The van der Waals surface area contributed by atoms with Crippen LogP contribution in [0.15, 0.2) is 109 Å². The molecular formula is C40H36N2. The van der Waals surface area contributed by atoms with E-state index < -0.39 is 0 Å². The highest BCUT2D eigenvalue weighted by atomic mass is 14.7. The van der Waals surface area contributed by atoms with Gasteiger partial charge in [-0.3, -0.25) is 9.97 Å². The maximum atomic E-state index is 4.92. The van der Waals surface area contributed by atoms with Crippen LogP contribution in [0.2, 0.25) is 0 Å². The summed E-state index contributed by atoms with van der Waals surface area (Å²) in [4.78, 5) is 9.60. The number of pyridine rings is 2. The number of rotatable bonds is 2. The van der Waals surface area contributed by atoms with Crippen LogP contribution in [-0.2, 0) is 10.8 Å². The highest BCUT2D eigenvalue weighted by molar-refractivity contribution is 6.17. The third kappa shape index (κ3) is 4.34. The normalized spacial score (nSPS) is 12.5. The van der Waals surface area contributed by atoms with Gasteiger partial charge in [0, 0.05) is 34.1 Å². The lowest BCUT2D eigenvalue weighted by Gasteiger charge is -2.31. The molecule has 7 aromatic rings. The van der Waals surface area contributed by atoms with Crippen molar-refractivity contribution < 1.29 is 0 Å². The molecule has 2 aromatic heterocycles. The summed E-state index contributed by atoms with van der Waals surface area (Å²) in [5.74, 6) is 0. The summed E-state index contributed by atoms with van der Waals surface area (Å²) in [6.45, 7) is 14.0. The Bertz CT molecular complexity index is 2140. The van der Waals surface area contributed by atoms with Gasteiger partial charge in [-0.05, 0) is 79.1 Å². The first kappa shape index (κ1) is 26.3. The second kappa shape index (κ2) is 9.49. The van der Waals surface area contributed by atoms with Gasteiger partial charge in [-0.1, -0.05) is 114 Å². The minimum atomic E-state index is -0.0597. The number of para-hydroxylation sites is 1. The molecule has 0 aliphatic rings. The predicted molar refractivity (Wildman–Crippen MR) is 180 cm³/mol. The summed E-state index contributed by atoms with van der Waals surface area (Å²) < 4.78 is 0. The highest BCUT2D eigenvalue weighted by Gasteiger charge is 2.28. The van der Waals surface area contributed by atoms with E-state index in [1.165, 1.54) is 54.7 Å². The molecule has 7 rings (SSSR count). The van der Waals surface area contributed by atoms with Crippen molar-refractivity contribution in [3.8, 4) is 22.3 Å². The van der Waals surface area contributed by atoms with Crippen molar-refractivity contribution in [2.24, 2.45) is 0 Å². The molecule has 0 radical (unpaired) electrons. The molecule has 2 nitrogen and oxygen atoms in total. The third-order valence-corrected chi connectivity index (χ3v) is 8.49. The average Bonchev–Trinajstić information content (AvgIpc) is 2.98. The summed E-state index contributed by atoms with van der Waals surface area (Å²) >= 11 is 0. The van der Waals surface area contributed by atoms with E-state index in [9.17, 15) is 0 Å². The van der Waals surface area contributed by atoms with Gasteiger partial charge in [-0.2, -0.15) is 0 Å². The molecular weight excluding hydrogens is 508 g/mol. The molecule has 0 aliphatic carbocycles. The first-order chi connectivity index (χ1) is 20.1. The summed E-state index contributed by atoms with van der Waals surface area (Å²) in [6.07, 6.45) is 3.90. The van der Waals surface area contributed by atoms with Crippen LogP contribution < -0.4 is 0 Å². The molecule has 0 bridgehead atoms. The van der Waals surface area contributed by atoms with Crippen LogP contribution in [0.1, 0.15) is 52.7 Å². The van der Waals surface area contributed by atoms with Crippen molar-refractivity contribution in [2.45, 2.75) is 52.4 Å². The quantitative estimate of drug-likeness (QED) is 0.160. The molecule has 2 heterocycles. The van der Waals surface area contributed by atoms with Gasteiger partial charge in [-0.25, -0.2) is 0 Å². The summed E-state index contributed by atoms with van der Waals surface area (Å²) in [5, 5.41) is 7.60. The minimum absolute atomic E-state index is 0.0546. The fourth-order valence-electron chi connectivity index (χ4n) is 6.71. The van der Waals surface area contributed by atoms with Gasteiger partial charge in [0.05, 0.1) is 11.0 Å². The second-order valence-corrected chi connectivity index (χ2v) is 13.6. The van der Waals surface area contributed by atoms with Crippen LogP contribution in [-0.4, -0.2) is 9.97 Å². The van der Waals surface area contributed by atoms with Crippen LogP contribution in [0.5, 0.6) is 0 Å². The van der Waals surface area contributed by atoms with Crippen molar-refractivity contribution >= 4 is 43.4 Å². The Balaban J connectivity index is 1.45. The van der Waals surface area contributed by atoms with E-state index in [1.54, 1.807) is 0 Å². The van der Waals surface area contributed by atoms with Crippen LogP contribution in [0, 0.1) is 0 Å². The molecule has 0 unspecified atom stereocenters. The lowest BCUT2D eigenvalue weighted by Crippen LogP contribution is -2.18. The molecule has 0 N–H and O–H groups in total. The van der Waals surface area contributed by atoms with Crippen molar-refractivity contribution in [1.29, 1.82) is 0 Å². The predicted octanol–water partition coefficient (Wildman–Crippen LogP) is 11.0. The molecule has 2 heteroatoms. The van der Waals surface area contributed by atoms with Gasteiger partial charge in [0.15, 0.2) is 0 Å². The molecule has 0 aliphatic heterocycles. The topological polar surface area (TPSA) is 25.8 Å². The van der Waals surface area contributed by atoms with Gasteiger partial charge in [0.1, 0.15) is 0 Å². The zero-order valence-corrected chi connectivity index (χ0v) is 25.3. The molecule has 0 fully saturated rings. The Labute approximate surface area is 248 Å². The van der Waals surface area contributed by atoms with Crippen molar-refractivity contribution in [2.75, 3.05) is 0 Å². The molecule has 0 saturated heterocycles. The maximum Gasteiger partial charge on any atom is 0.0783 e. The lowest BCUT2D eigenvalue weighted by molar-refractivity contribution is 0.593. The molecule has 0 atom stereocenters. The number of nitrogens with zero attached hydrogens (tertiary/aromatic N) is 2. The average molecular weight is 545 g/mol. The van der Waals surface area contributed by atoms with E-state index in [-0.39, 0.29) is 10.8 Å². The van der Waals surface area contributed by atoms with Gasteiger partial charge < -0.3 is 0 Å². The molecule has 42 heavy (non-hydrogen) atoms. The Morgan fingerprint density at radius 1 is 0.476 bits per heavy atom. The zero-order chi connectivity index (χ0) is 29.2. The van der Waals surface area contributed by atoms with Gasteiger partial charge in [0.2, 0.25) is 0 Å². The van der Waals surface area contributed by atoms with E-state index in [0.29, 0.717) is 0 Å². The van der Waals surface area contributed by atoms with Crippen LogP contribution in [0.25, 0.3) is 65.6 Å². The fourth-order valence-corrected chi connectivity index (χ4v) is 6.71. The first-order valence-corrected chi connectivity index (χ1v) is 14.8. The highest BCUT2D eigenvalue weighted by Crippen LogP contribution is 2.46. The molecule has 0 amide bonds. The maximum absolute atomic E-state index is 4.92. The summed E-state index contributed by atoms with van der Waals surface area (Å²) in [6, 6.07) is 35.2. The number of hydrogen-bond donors (Lipinski definition) is 0.